The first-order valence-corrected chi connectivity index (χ1v) is 8.18. The molecule has 0 radical (unpaired) electrons. The van der Waals surface area contributed by atoms with Crippen molar-refractivity contribution >= 4 is 6.03 Å². The second kappa shape index (κ2) is 5.36. The Kier molecular flexibility index (Phi) is 3.68. The third kappa shape index (κ3) is 2.54. The number of fused-ring (bicyclic) bond motifs is 1. The molecule has 3 nitrogen and oxygen atoms in total. The number of amides is 2. The van der Waals surface area contributed by atoms with Crippen molar-refractivity contribution in [2.45, 2.75) is 52.6 Å². The molecule has 2 aliphatic rings. The van der Waals surface area contributed by atoms with E-state index in [9.17, 15) is 4.79 Å². The highest BCUT2D eigenvalue weighted by Gasteiger charge is 2.49. The molecule has 0 spiro atoms. The molecule has 0 N–H and O–H groups in total. The molecule has 0 aromatic heterocycles. The Bertz CT molecular complexity index is 519. The Hall–Kier alpha value is -1.51. The van der Waals surface area contributed by atoms with Gasteiger partial charge in [-0.25, -0.2) is 4.79 Å². The molecule has 1 aromatic carbocycles. The standard InChI is InChI=1S/C18H26N2O/c1-4-18(5-2)10-16-12-19(17(21)20(16)13-18)11-15-8-6-14(3)7-9-15/h6-9,16H,4-5,10-13H2,1-3H3. The summed E-state index contributed by atoms with van der Waals surface area (Å²) in [6.45, 7) is 9.22. The first-order valence-electron chi connectivity index (χ1n) is 8.18. The molecule has 1 unspecified atom stereocenters. The molecule has 3 rings (SSSR count). The number of hydrogen-bond donors (Lipinski definition) is 0. The Morgan fingerprint density at radius 1 is 1.19 bits per heavy atom. The zero-order valence-corrected chi connectivity index (χ0v) is 13.4. The third-order valence-electron chi connectivity index (χ3n) is 5.56. The molecule has 2 fully saturated rings. The van der Waals surface area contributed by atoms with Gasteiger partial charge in [-0.2, -0.15) is 0 Å². The smallest absolute Gasteiger partial charge is 0.319 e. The van der Waals surface area contributed by atoms with Gasteiger partial charge in [0.2, 0.25) is 0 Å². The van der Waals surface area contributed by atoms with E-state index in [1.165, 1.54) is 30.4 Å². The molecule has 0 aliphatic carbocycles. The highest BCUT2D eigenvalue weighted by Crippen LogP contribution is 2.43. The minimum atomic E-state index is 0.240. The van der Waals surface area contributed by atoms with Crippen LogP contribution in [0.1, 0.15) is 44.2 Å². The Morgan fingerprint density at radius 2 is 1.86 bits per heavy atom. The van der Waals surface area contributed by atoms with E-state index < -0.39 is 0 Å². The Morgan fingerprint density at radius 3 is 2.43 bits per heavy atom. The maximum absolute atomic E-state index is 12.6. The predicted molar refractivity (Wildman–Crippen MR) is 85.1 cm³/mol. The van der Waals surface area contributed by atoms with Gasteiger partial charge in [0.25, 0.3) is 0 Å². The lowest BCUT2D eigenvalue weighted by Gasteiger charge is -2.28. The summed E-state index contributed by atoms with van der Waals surface area (Å²) in [6, 6.07) is 9.18. The van der Waals surface area contributed by atoms with Crippen LogP contribution in [0.2, 0.25) is 0 Å². The molecule has 0 bridgehead atoms. The minimum absolute atomic E-state index is 0.240. The van der Waals surface area contributed by atoms with Crippen LogP contribution in [-0.4, -0.2) is 35.0 Å². The van der Waals surface area contributed by atoms with Crippen LogP contribution in [0, 0.1) is 12.3 Å². The van der Waals surface area contributed by atoms with Gasteiger partial charge in [0.05, 0.1) is 6.04 Å². The maximum Gasteiger partial charge on any atom is 0.320 e. The average molecular weight is 286 g/mol. The number of benzene rings is 1. The summed E-state index contributed by atoms with van der Waals surface area (Å²) in [5.41, 5.74) is 2.87. The molecule has 2 aliphatic heterocycles. The van der Waals surface area contributed by atoms with E-state index in [-0.39, 0.29) is 6.03 Å². The number of carbonyl (C=O) groups is 1. The summed E-state index contributed by atoms with van der Waals surface area (Å²) in [7, 11) is 0. The largest absolute Gasteiger partial charge is 0.320 e. The number of carbonyl (C=O) groups excluding carboxylic acids is 1. The number of aryl methyl sites for hydroxylation is 1. The summed E-state index contributed by atoms with van der Waals surface area (Å²) in [5, 5.41) is 0. The number of nitrogens with zero attached hydrogens (tertiary/aromatic N) is 2. The topological polar surface area (TPSA) is 23.6 Å². The molecular weight excluding hydrogens is 260 g/mol. The van der Waals surface area contributed by atoms with Crippen LogP contribution in [0.3, 0.4) is 0 Å². The fraction of sp³-hybridized carbons (Fsp3) is 0.611. The highest BCUT2D eigenvalue weighted by atomic mass is 16.2. The highest BCUT2D eigenvalue weighted by molar-refractivity contribution is 5.77. The molecular formula is C18H26N2O. The lowest BCUT2D eigenvalue weighted by atomic mass is 9.80. The number of urea groups is 1. The molecule has 114 valence electrons. The second-order valence-corrected chi connectivity index (χ2v) is 6.84. The van der Waals surface area contributed by atoms with Gasteiger partial charge in [-0.05, 0) is 37.2 Å². The van der Waals surface area contributed by atoms with Gasteiger partial charge >= 0.3 is 6.03 Å². The fourth-order valence-electron chi connectivity index (χ4n) is 3.87. The van der Waals surface area contributed by atoms with E-state index in [0.717, 1.165) is 19.6 Å². The second-order valence-electron chi connectivity index (χ2n) is 6.84. The average Bonchev–Trinajstić information content (AvgIpc) is 2.99. The lowest BCUT2D eigenvalue weighted by Crippen LogP contribution is -2.35. The van der Waals surface area contributed by atoms with Crippen LogP contribution >= 0.6 is 0 Å². The van der Waals surface area contributed by atoms with Crippen molar-refractivity contribution < 1.29 is 4.79 Å². The van der Waals surface area contributed by atoms with Gasteiger partial charge in [-0.3, -0.25) is 0 Å². The Labute approximate surface area is 127 Å². The Balaban J connectivity index is 1.68. The van der Waals surface area contributed by atoms with Crippen molar-refractivity contribution in [3.8, 4) is 0 Å². The maximum atomic E-state index is 12.6. The van der Waals surface area contributed by atoms with E-state index in [0.29, 0.717) is 11.5 Å². The van der Waals surface area contributed by atoms with Gasteiger partial charge in [0.15, 0.2) is 0 Å². The lowest BCUT2D eigenvalue weighted by molar-refractivity contribution is 0.178. The van der Waals surface area contributed by atoms with E-state index in [1.54, 1.807) is 0 Å². The van der Waals surface area contributed by atoms with Crippen molar-refractivity contribution in [3.63, 3.8) is 0 Å². The summed E-state index contributed by atoms with van der Waals surface area (Å²) in [5.74, 6) is 0. The van der Waals surface area contributed by atoms with E-state index >= 15 is 0 Å². The van der Waals surface area contributed by atoms with Crippen molar-refractivity contribution in [3.05, 3.63) is 35.4 Å². The monoisotopic (exact) mass is 286 g/mol. The molecule has 3 heteroatoms. The summed E-state index contributed by atoms with van der Waals surface area (Å²) in [4.78, 5) is 16.8. The molecule has 21 heavy (non-hydrogen) atoms. The number of rotatable bonds is 4. The van der Waals surface area contributed by atoms with Crippen molar-refractivity contribution in [2.75, 3.05) is 13.1 Å². The van der Waals surface area contributed by atoms with Crippen molar-refractivity contribution in [2.24, 2.45) is 5.41 Å². The van der Waals surface area contributed by atoms with Crippen LogP contribution < -0.4 is 0 Å². The van der Waals surface area contributed by atoms with Gasteiger partial charge in [0.1, 0.15) is 0 Å². The molecule has 1 aromatic rings. The molecule has 2 heterocycles. The molecule has 2 amide bonds. The van der Waals surface area contributed by atoms with Crippen molar-refractivity contribution in [1.29, 1.82) is 0 Å². The predicted octanol–water partition coefficient (Wildman–Crippen LogP) is 3.81. The zero-order chi connectivity index (χ0) is 15.0. The van der Waals surface area contributed by atoms with Crippen LogP contribution in [0.4, 0.5) is 4.79 Å². The molecule has 1 atom stereocenters. The minimum Gasteiger partial charge on any atom is -0.319 e. The zero-order valence-electron chi connectivity index (χ0n) is 13.4. The van der Waals surface area contributed by atoms with E-state index in [1.807, 2.05) is 4.90 Å². The third-order valence-corrected chi connectivity index (χ3v) is 5.56. The van der Waals surface area contributed by atoms with Gasteiger partial charge < -0.3 is 9.80 Å². The van der Waals surface area contributed by atoms with Crippen LogP contribution in [0.15, 0.2) is 24.3 Å². The first-order chi connectivity index (χ1) is 10.1. The van der Waals surface area contributed by atoms with Crippen LogP contribution in [0.5, 0.6) is 0 Å². The normalized spacial score (nSPS) is 23.8. The first kappa shape index (κ1) is 14.4. The summed E-state index contributed by atoms with van der Waals surface area (Å²) < 4.78 is 0. The number of hydrogen-bond acceptors (Lipinski definition) is 1. The van der Waals surface area contributed by atoms with Gasteiger partial charge in [0, 0.05) is 19.6 Å². The van der Waals surface area contributed by atoms with E-state index in [4.69, 9.17) is 0 Å². The van der Waals surface area contributed by atoms with E-state index in [2.05, 4.69) is 49.9 Å². The van der Waals surface area contributed by atoms with Gasteiger partial charge in [-0.15, -0.1) is 0 Å². The van der Waals surface area contributed by atoms with Crippen LogP contribution in [0.25, 0.3) is 0 Å². The summed E-state index contributed by atoms with van der Waals surface area (Å²) >= 11 is 0. The van der Waals surface area contributed by atoms with Crippen molar-refractivity contribution in [1.82, 2.24) is 9.80 Å². The molecule has 2 saturated heterocycles. The quantitative estimate of drug-likeness (QED) is 0.825. The summed E-state index contributed by atoms with van der Waals surface area (Å²) in [6.07, 6.45) is 3.54. The fourth-order valence-corrected chi connectivity index (χ4v) is 3.87. The SMILES string of the molecule is CCC1(CC)CC2CN(Cc3ccc(C)cc3)C(=O)N2C1. The molecule has 0 saturated carbocycles. The van der Waals surface area contributed by atoms with Gasteiger partial charge in [-0.1, -0.05) is 43.7 Å². The van der Waals surface area contributed by atoms with Crippen LogP contribution in [-0.2, 0) is 6.54 Å².